The Morgan fingerprint density at radius 2 is 2.08 bits per heavy atom. The highest BCUT2D eigenvalue weighted by atomic mass is 127. The molecule has 0 bridgehead atoms. The van der Waals surface area contributed by atoms with Crippen molar-refractivity contribution in [3.05, 3.63) is 41.2 Å². The molecular weight excluding hydrogens is 618 g/mol. The molecule has 11 nitrogen and oxygen atoms in total. The van der Waals surface area contributed by atoms with E-state index in [0.29, 0.717) is 36.0 Å². The fraction of sp³-hybridized carbons (Fsp3) is 0.440. The first-order chi connectivity index (χ1) is 18.1. The van der Waals surface area contributed by atoms with Crippen LogP contribution in [0.4, 0.5) is 0 Å². The molecule has 0 aliphatic heterocycles. The number of nitrogens with two attached hydrogens (primary N) is 1. The Morgan fingerprint density at radius 3 is 2.68 bits per heavy atom. The van der Waals surface area contributed by atoms with E-state index in [1.807, 2.05) is 52.2 Å². The molecule has 0 aliphatic rings. The van der Waals surface area contributed by atoms with Gasteiger partial charge in [0.05, 0.1) is 65.6 Å². The standard InChI is InChI=1S/C25H36IN8O3P/c1-9-19-18-11-20(29-17(6)23(18)34(31-19)38-26)22-16(5)30-32(8)25(22)37-14(3)12-33(35)13-21(28-7)15(4)24(27)36-10-2/h9,11,14,35,38H,1,10,12-13,27H2,2-8H3/b24-15+,28-21?. The Hall–Kier alpha value is -2.54. The number of pyridine rings is 1. The van der Waals surface area contributed by atoms with E-state index in [0.717, 1.165) is 44.3 Å². The summed E-state index contributed by atoms with van der Waals surface area (Å²) in [4.78, 5) is 9.17. The van der Waals surface area contributed by atoms with Crippen LogP contribution in [-0.2, 0) is 11.8 Å². The molecule has 2 atom stereocenters. The molecule has 0 aliphatic carbocycles. The molecule has 3 heterocycles. The Morgan fingerprint density at radius 1 is 1.37 bits per heavy atom. The largest absolute Gasteiger partial charge is 0.479 e. The number of ether oxygens (including phenoxy) is 2. The summed E-state index contributed by atoms with van der Waals surface area (Å²) in [5.41, 5.74) is 12.3. The molecule has 0 saturated heterocycles. The average molecular weight is 654 g/mol. The van der Waals surface area contributed by atoms with Gasteiger partial charge in [0.25, 0.3) is 0 Å². The lowest BCUT2D eigenvalue weighted by Gasteiger charge is -2.22. The van der Waals surface area contributed by atoms with E-state index in [1.54, 1.807) is 17.8 Å². The first-order valence-corrected chi connectivity index (χ1v) is 16.2. The maximum Gasteiger partial charge on any atom is 0.221 e. The number of fused-ring (bicyclic) bond motifs is 1. The van der Waals surface area contributed by atoms with Crippen LogP contribution >= 0.6 is 28.4 Å². The molecule has 3 N–H and O–H groups in total. The maximum absolute atomic E-state index is 10.7. The zero-order valence-corrected chi connectivity index (χ0v) is 26.1. The van der Waals surface area contributed by atoms with Crippen LogP contribution in [0, 0.1) is 13.8 Å². The summed E-state index contributed by atoms with van der Waals surface area (Å²) in [7, 11) is 3.49. The molecule has 0 spiro atoms. The van der Waals surface area contributed by atoms with Gasteiger partial charge in [-0.1, -0.05) is 6.58 Å². The third-order valence-corrected chi connectivity index (χ3v) is 7.90. The van der Waals surface area contributed by atoms with Crippen LogP contribution in [0.3, 0.4) is 0 Å². The van der Waals surface area contributed by atoms with Gasteiger partial charge in [0.15, 0.2) is 5.88 Å². The summed E-state index contributed by atoms with van der Waals surface area (Å²) in [6.45, 7) is 14.3. The Kier molecular flexibility index (Phi) is 10.3. The SMILES string of the molecule is C=Cc1nn(PI)c2c(C)nc(-c3c(C)nn(C)c3OC(C)CN(O)CC(=NC)/C(C)=C(\N)OCC)cc12. The molecule has 0 fully saturated rings. The van der Waals surface area contributed by atoms with Gasteiger partial charge < -0.3 is 20.4 Å². The second kappa shape index (κ2) is 13.0. The summed E-state index contributed by atoms with van der Waals surface area (Å²) >= 11 is 2.31. The first-order valence-electron chi connectivity index (χ1n) is 12.1. The highest BCUT2D eigenvalue weighted by Gasteiger charge is 2.24. The lowest BCUT2D eigenvalue weighted by atomic mass is 10.1. The average Bonchev–Trinajstić information content (AvgIpc) is 3.37. The van der Waals surface area contributed by atoms with Crippen LogP contribution in [0.1, 0.15) is 37.9 Å². The number of aromatic nitrogens is 5. The minimum Gasteiger partial charge on any atom is -0.479 e. The van der Waals surface area contributed by atoms with Crippen LogP contribution < -0.4 is 10.5 Å². The van der Waals surface area contributed by atoms with Gasteiger partial charge in [-0.05, 0) is 68.8 Å². The van der Waals surface area contributed by atoms with E-state index >= 15 is 0 Å². The van der Waals surface area contributed by atoms with E-state index in [2.05, 4.69) is 43.8 Å². The molecule has 3 aromatic heterocycles. The van der Waals surface area contributed by atoms with Gasteiger partial charge in [-0.2, -0.15) is 15.3 Å². The fourth-order valence-corrected chi connectivity index (χ4v) is 5.83. The third kappa shape index (κ3) is 6.36. The number of hydrogen-bond donors (Lipinski definition) is 2. The summed E-state index contributed by atoms with van der Waals surface area (Å²) in [6, 6.07) is 2.02. The molecule has 0 amide bonds. The van der Waals surface area contributed by atoms with Crippen LogP contribution in [0.5, 0.6) is 5.88 Å². The van der Waals surface area contributed by atoms with Crippen molar-refractivity contribution in [2.75, 3.05) is 26.7 Å². The van der Waals surface area contributed by atoms with Crippen molar-refractivity contribution in [1.82, 2.24) is 29.4 Å². The molecule has 3 aromatic rings. The van der Waals surface area contributed by atoms with Crippen molar-refractivity contribution >= 4 is 51.1 Å². The topological polar surface area (TPSA) is 129 Å². The number of hydrogen-bond acceptors (Lipinski definition) is 9. The van der Waals surface area contributed by atoms with Gasteiger partial charge in [-0.15, -0.1) is 0 Å². The molecule has 0 radical (unpaired) electrons. The molecule has 0 aromatic carbocycles. The lowest BCUT2D eigenvalue weighted by molar-refractivity contribution is -0.0946. The number of nitrogens with zero attached hydrogens (tertiary/aromatic N) is 7. The van der Waals surface area contributed by atoms with Gasteiger partial charge in [0.1, 0.15) is 6.10 Å². The lowest BCUT2D eigenvalue weighted by Crippen LogP contribution is -2.36. The quantitative estimate of drug-likeness (QED) is 0.0951. The van der Waals surface area contributed by atoms with Crippen LogP contribution in [0.15, 0.2) is 29.1 Å². The van der Waals surface area contributed by atoms with E-state index in [1.165, 1.54) is 0 Å². The second-order valence-electron chi connectivity index (χ2n) is 8.83. The van der Waals surface area contributed by atoms with Crippen LogP contribution in [0.25, 0.3) is 28.2 Å². The highest BCUT2D eigenvalue weighted by Crippen LogP contribution is 2.37. The Labute approximate surface area is 238 Å². The van der Waals surface area contributed by atoms with Crippen molar-refractivity contribution in [1.29, 1.82) is 0 Å². The fourth-order valence-electron chi connectivity index (χ4n) is 4.27. The number of hydroxylamine groups is 2. The predicted molar refractivity (Wildman–Crippen MR) is 162 cm³/mol. The Balaban J connectivity index is 1.87. The van der Waals surface area contributed by atoms with Gasteiger partial charge in [0, 0.05) is 25.1 Å². The van der Waals surface area contributed by atoms with Gasteiger partial charge >= 0.3 is 0 Å². The van der Waals surface area contributed by atoms with Crippen molar-refractivity contribution in [2.24, 2.45) is 17.8 Å². The number of halogens is 1. The van der Waals surface area contributed by atoms with Crippen molar-refractivity contribution < 1.29 is 14.7 Å². The molecule has 206 valence electrons. The molecule has 38 heavy (non-hydrogen) atoms. The van der Waals surface area contributed by atoms with E-state index < -0.39 is 0 Å². The predicted octanol–water partition coefficient (Wildman–Crippen LogP) is 4.64. The molecule has 2 unspecified atom stereocenters. The van der Waals surface area contributed by atoms with E-state index in [9.17, 15) is 5.21 Å². The van der Waals surface area contributed by atoms with E-state index in [4.69, 9.17) is 20.2 Å². The summed E-state index contributed by atoms with van der Waals surface area (Å²) in [5.74, 6) is 0.865. The zero-order chi connectivity index (χ0) is 28.1. The monoisotopic (exact) mass is 654 g/mol. The zero-order valence-electron chi connectivity index (χ0n) is 22.9. The minimum absolute atomic E-state index is 0.171. The second-order valence-corrected chi connectivity index (χ2v) is 10.9. The summed E-state index contributed by atoms with van der Waals surface area (Å²) in [5, 5.41) is 22.1. The molecule has 0 saturated carbocycles. The van der Waals surface area contributed by atoms with Gasteiger partial charge in [0.2, 0.25) is 5.88 Å². The normalized spacial score (nSPS) is 14.0. The minimum atomic E-state index is -0.378. The smallest absolute Gasteiger partial charge is 0.221 e. The maximum atomic E-state index is 10.7. The third-order valence-electron chi connectivity index (χ3n) is 6.05. The highest BCUT2D eigenvalue weighted by molar-refractivity contribution is 14.2. The number of aryl methyl sites for hydroxylation is 3. The molecule has 3 rings (SSSR count). The first kappa shape index (κ1) is 30.0. The number of aliphatic imine (C=N–C) groups is 1. The number of rotatable bonds is 12. The molecular formula is C25H36IN8O3P. The van der Waals surface area contributed by atoms with Crippen LogP contribution in [0.2, 0.25) is 0 Å². The van der Waals surface area contributed by atoms with Crippen LogP contribution in [-0.4, -0.2) is 73.1 Å². The summed E-state index contributed by atoms with van der Waals surface area (Å²) < 4.78 is 15.4. The van der Waals surface area contributed by atoms with Crippen molar-refractivity contribution in [2.45, 2.75) is 40.7 Å². The van der Waals surface area contributed by atoms with Crippen molar-refractivity contribution in [3.63, 3.8) is 0 Å². The van der Waals surface area contributed by atoms with Gasteiger partial charge in [-0.25, -0.2) is 9.13 Å². The summed E-state index contributed by atoms with van der Waals surface area (Å²) in [6.07, 6.45) is 1.83. The molecule has 13 heteroatoms. The van der Waals surface area contributed by atoms with Gasteiger partial charge in [-0.3, -0.25) is 9.98 Å². The van der Waals surface area contributed by atoms with E-state index in [-0.39, 0.29) is 19.2 Å². The Bertz CT molecular complexity index is 1380. The van der Waals surface area contributed by atoms with Crippen molar-refractivity contribution in [3.8, 4) is 17.1 Å².